The highest BCUT2D eigenvalue weighted by molar-refractivity contribution is 7.98. The molecule has 144 valence electrons. The maximum absolute atomic E-state index is 12.9. The predicted octanol–water partition coefficient (Wildman–Crippen LogP) is 4.67. The van der Waals surface area contributed by atoms with Gasteiger partial charge in [-0.3, -0.25) is 14.2 Å². The minimum atomic E-state index is -0.200. The second kappa shape index (κ2) is 7.93. The Morgan fingerprint density at radius 3 is 2.34 bits per heavy atom. The highest BCUT2D eigenvalue weighted by atomic mass is 32.2. The fourth-order valence-corrected chi connectivity index (χ4v) is 3.60. The van der Waals surface area contributed by atoms with Gasteiger partial charge in [0.2, 0.25) is 0 Å². The van der Waals surface area contributed by atoms with E-state index in [-0.39, 0.29) is 11.5 Å². The van der Waals surface area contributed by atoms with E-state index in [2.05, 4.69) is 10.3 Å². The van der Waals surface area contributed by atoms with Crippen molar-refractivity contribution >= 4 is 34.3 Å². The van der Waals surface area contributed by atoms with Gasteiger partial charge in [0, 0.05) is 16.1 Å². The standard InChI is InChI=1S/C23H19N3O2S/c1-15-24-21-6-4-3-5-20(21)23(28)26(15)18-11-7-16(8-12-18)22(27)25-17-9-13-19(29-2)14-10-17/h3-14H,1-2H3,(H,25,27). The fourth-order valence-electron chi connectivity index (χ4n) is 3.19. The summed E-state index contributed by atoms with van der Waals surface area (Å²) < 4.78 is 1.56. The normalized spacial score (nSPS) is 10.8. The molecule has 0 saturated heterocycles. The number of amides is 1. The number of para-hydroxylation sites is 1. The molecule has 0 bridgehead atoms. The van der Waals surface area contributed by atoms with Crippen LogP contribution in [0.15, 0.2) is 82.5 Å². The van der Waals surface area contributed by atoms with Crippen LogP contribution in [0, 0.1) is 6.92 Å². The van der Waals surface area contributed by atoms with E-state index in [9.17, 15) is 9.59 Å². The first-order valence-corrected chi connectivity index (χ1v) is 10.3. The van der Waals surface area contributed by atoms with Gasteiger partial charge in [-0.1, -0.05) is 12.1 Å². The molecule has 6 heteroatoms. The first-order chi connectivity index (χ1) is 14.1. The van der Waals surface area contributed by atoms with Gasteiger partial charge in [-0.15, -0.1) is 11.8 Å². The first kappa shape index (κ1) is 19.0. The third-order valence-electron chi connectivity index (χ3n) is 4.68. The summed E-state index contributed by atoms with van der Waals surface area (Å²) in [5.41, 5.74) is 2.48. The van der Waals surface area contributed by atoms with Gasteiger partial charge >= 0.3 is 0 Å². The number of anilines is 1. The van der Waals surface area contributed by atoms with Crippen molar-refractivity contribution in [2.24, 2.45) is 0 Å². The van der Waals surface area contributed by atoms with E-state index in [0.717, 1.165) is 10.6 Å². The van der Waals surface area contributed by atoms with Crippen molar-refractivity contribution in [3.05, 3.63) is 94.5 Å². The maximum Gasteiger partial charge on any atom is 0.265 e. The van der Waals surface area contributed by atoms with Crippen LogP contribution >= 0.6 is 11.8 Å². The molecule has 0 unspecified atom stereocenters. The molecule has 4 rings (SSSR count). The Morgan fingerprint density at radius 1 is 0.966 bits per heavy atom. The average molecular weight is 401 g/mol. The summed E-state index contributed by atoms with van der Waals surface area (Å²) >= 11 is 1.65. The van der Waals surface area contributed by atoms with E-state index in [1.807, 2.05) is 48.7 Å². The molecule has 1 aromatic heterocycles. The average Bonchev–Trinajstić information content (AvgIpc) is 2.75. The van der Waals surface area contributed by atoms with Crippen molar-refractivity contribution in [3.63, 3.8) is 0 Å². The molecule has 0 aliphatic carbocycles. The van der Waals surface area contributed by atoms with Gasteiger partial charge in [0.25, 0.3) is 11.5 Å². The Balaban J connectivity index is 1.61. The second-order valence-electron chi connectivity index (χ2n) is 6.55. The molecule has 0 saturated carbocycles. The quantitative estimate of drug-likeness (QED) is 0.505. The molecule has 0 spiro atoms. The lowest BCUT2D eigenvalue weighted by Gasteiger charge is -2.11. The Hall–Kier alpha value is -3.38. The topological polar surface area (TPSA) is 64.0 Å². The summed E-state index contributed by atoms with van der Waals surface area (Å²) in [5.74, 6) is 0.397. The zero-order valence-corrected chi connectivity index (χ0v) is 16.9. The number of hydrogen-bond donors (Lipinski definition) is 1. The van der Waals surface area contributed by atoms with Crippen molar-refractivity contribution in [2.45, 2.75) is 11.8 Å². The van der Waals surface area contributed by atoms with Gasteiger partial charge < -0.3 is 5.32 Å². The number of nitrogens with zero attached hydrogens (tertiary/aromatic N) is 2. The zero-order chi connectivity index (χ0) is 20.4. The maximum atomic E-state index is 12.9. The lowest BCUT2D eigenvalue weighted by molar-refractivity contribution is 0.102. The minimum absolute atomic E-state index is 0.126. The van der Waals surface area contributed by atoms with Crippen LogP contribution in [0.4, 0.5) is 5.69 Å². The summed E-state index contributed by atoms with van der Waals surface area (Å²) in [4.78, 5) is 31.1. The second-order valence-corrected chi connectivity index (χ2v) is 7.43. The summed E-state index contributed by atoms with van der Waals surface area (Å²) in [5, 5.41) is 3.45. The third kappa shape index (κ3) is 3.79. The number of fused-ring (bicyclic) bond motifs is 1. The molecule has 4 aromatic rings. The van der Waals surface area contributed by atoms with Crippen LogP contribution in [0.1, 0.15) is 16.2 Å². The Bertz CT molecular complexity index is 1250. The Morgan fingerprint density at radius 2 is 1.66 bits per heavy atom. The van der Waals surface area contributed by atoms with E-state index in [1.165, 1.54) is 0 Å². The van der Waals surface area contributed by atoms with E-state index < -0.39 is 0 Å². The van der Waals surface area contributed by atoms with Crippen LogP contribution in [-0.4, -0.2) is 21.7 Å². The number of carbonyl (C=O) groups is 1. The molecule has 1 N–H and O–H groups in total. The zero-order valence-electron chi connectivity index (χ0n) is 16.0. The van der Waals surface area contributed by atoms with E-state index in [0.29, 0.717) is 28.0 Å². The number of nitrogens with one attached hydrogen (secondary N) is 1. The number of hydrogen-bond acceptors (Lipinski definition) is 4. The molecule has 29 heavy (non-hydrogen) atoms. The van der Waals surface area contributed by atoms with Crippen molar-refractivity contribution in [2.75, 3.05) is 11.6 Å². The molecular formula is C23H19N3O2S. The summed E-state index contributed by atoms with van der Waals surface area (Å²) in [6, 6.07) is 21.9. The van der Waals surface area contributed by atoms with Crippen molar-refractivity contribution < 1.29 is 4.79 Å². The number of aryl methyl sites for hydroxylation is 1. The summed E-state index contributed by atoms with van der Waals surface area (Å²) in [7, 11) is 0. The molecule has 0 aliphatic heterocycles. The molecule has 0 radical (unpaired) electrons. The summed E-state index contributed by atoms with van der Waals surface area (Å²) in [6.07, 6.45) is 2.01. The van der Waals surface area contributed by atoms with Crippen LogP contribution in [0.2, 0.25) is 0 Å². The summed E-state index contributed by atoms with van der Waals surface area (Å²) in [6.45, 7) is 1.80. The first-order valence-electron chi connectivity index (χ1n) is 9.11. The fraction of sp³-hybridized carbons (Fsp3) is 0.0870. The minimum Gasteiger partial charge on any atom is -0.322 e. The molecule has 0 aliphatic rings. The monoisotopic (exact) mass is 401 g/mol. The Kier molecular flexibility index (Phi) is 5.18. The van der Waals surface area contributed by atoms with E-state index in [1.54, 1.807) is 53.6 Å². The highest BCUT2D eigenvalue weighted by Crippen LogP contribution is 2.19. The van der Waals surface area contributed by atoms with Crippen molar-refractivity contribution in [1.29, 1.82) is 0 Å². The van der Waals surface area contributed by atoms with E-state index in [4.69, 9.17) is 0 Å². The molecule has 3 aromatic carbocycles. The van der Waals surface area contributed by atoms with Crippen LogP contribution in [0.5, 0.6) is 0 Å². The van der Waals surface area contributed by atoms with Gasteiger partial charge in [0.15, 0.2) is 0 Å². The Labute approximate surface area is 172 Å². The van der Waals surface area contributed by atoms with Gasteiger partial charge in [-0.25, -0.2) is 4.98 Å². The van der Waals surface area contributed by atoms with Crippen LogP contribution in [-0.2, 0) is 0 Å². The molecule has 1 amide bonds. The SMILES string of the molecule is CSc1ccc(NC(=O)c2ccc(-n3c(C)nc4ccccc4c3=O)cc2)cc1. The van der Waals surface area contributed by atoms with Crippen LogP contribution in [0.3, 0.4) is 0 Å². The van der Waals surface area contributed by atoms with Crippen molar-refractivity contribution in [3.8, 4) is 5.69 Å². The molecule has 0 fully saturated rings. The van der Waals surface area contributed by atoms with Gasteiger partial charge in [0.05, 0.1) is 16.6 Å². The van der Waals surface area contributed by atoms with Gasteiger partial charge in [0.1, 0.15) is 5.82 Å². The number of benzene rings is 3. The molecule has 1 heterocycles. The number of rotatable bonds is 4. The molecule has 0 atom stereocenters. The lowest BCUT2D eigenvalue weighted by atomic mass is 10.1. The molecule has 5 nitrogen and oxygen atoms in total. The number of carbonyl (C=O) groups excluding carboxylic acids is 1. The predicted molar refractivity (Wildman–Crippen MR) is 118 cm³/mol. The third-order valence-corrected chi connectivity index (χ3v) is 5.42. The number of aromatic nitrogens is 2. The highest BCUT2D eigenvalue weighted by Gasteiger charge is 2.11. The largest absolute Gasteiger partial charge is 0.322 e. The van der Waals surface area contributed by atoms with Gasteiger partial charge in [-0.2, -0.15) is 0 Å². The van der Waals surface area contributed by atoms with Crippen LogP contribution < -0.4 is 10.9 Å². The van der Waals surface area contributed by atoms with Crippen molar-refractivity contribution in [1.82, 2.24) is 9.55 Å². The molecular weight excluding hydrogens is 382 g/mol. The van der Waals surface area contributed by atoms with Crippen LogP contribution in [0.25, 0.3) is 16.6 Å². The lowest BCUT2D eigenvalue weighted by Crippen LogP contribution is -2.22. The smallest absolute Gasteiger partial charge is 0.265 e. The van der Waals surface area contributed by atoms with E-state index >= 15 is 0 Å². The number of thioether (sulfide) groups is 1. The van der Waals surface area contributed by atoms with Gasteiger partial charge in [-0.05, 0) is 73.8 Å².